The first-order chi connectivity index (χ1) is 12.5. The third kappa shape index (κ3) is 12.6. The van der Waals surface area contributed by atoms with Crippen LogP contribution in [0.1, 0.15) is 92.9 Å². The van der Waals surface area contributed by atoms with Gasteiger partial charge in [0.05, 0.1) is 13.2 Å². The second kappa shape index (κ2) is 16.5. The molecule has 3 heteroatoms. The normalized spacial score (nSPS) is 14.5. The van der Waals surface area contributed by atoms with E-state index in [2.05, 4.69) is 41.5 Å². The Bertz CT molecular complexity index is 342. The zero-order valence-corrected chi connectivity index (χ0v) is 18.3. The van der Waals surface area contributed by atoms with Crippen molar-refractivity contribution in [2.45, 2.75) is 99.2 Å². The molecule has 0 heterocycles. The smallest absolute Gasteiger partial charge is 0.221 e. The van der Waals surface area contributed by atoms with Crippen LogP contribution in [0.3, 0.4) is 0 Å². The SMILES string of the molecule is CCCC[C@H](CC)COC(OC[C@@H](CC)CCCC)C(=O)/C=C/C(C)C. The highest BCUT2D eigenvalue weighted by Crippen LogP contribution is 2.17. The van der Waals surface area contributed by atoms with Gasteiger partial charge in [0.15, 0.2) is 0 Å². The van der Waals surface area contributed by atoms with E-state index in [-0.39, 0.29) is 5.78 Å². The minimum Gasteiger partial charge on any atom is -0.345 e. The summed E-state index contributed by atoms with van der Waals surface area (Å²) in [6, 6.07) is 0. The molecular weight excluding hydrogens is 324 g/mol. The van der Waals surface area contributed by atoms with E-state index in [9.17, 15) is 4.79 Å². The van der Waals surface area contributed by atoms with Gasteiger partial charge in [-0.3, -0.25) is 4.79 Å². The molecule has 0 aromatic heterocycles. The summed E-state index contributed by atoms with van der Waals surface area (Å²) in [5.41, 5.74) is 0. The molecule has 0 rings (SSSR count). The quantitative estimate of drug-likeness (QED) is 0.215. The van der Waals surface area contributed by atoms with Gasteiger partial charge in [-0.15, -0.1) is 0 Å². The average Bonchev–Trinajstić information content (AvgIpc) is 2.64. The molecule has 0 aliphatic carbocycles. The van der Waals surface area contributed by atoms with Crippen molar-refractivity contribution in [2.24, 2.45) is 17.8 Å². The maximum absolute atomic E-state index is 12.5. The van der Waals surface area contributed by atoms with Crippen LogP contribution in [0.15, 0.2) is 12.2 Å². The molecule has 0 amide bonds. The maximum atomic E-state index is 12.5. The number of carbonyl (C=O) groups is 1. The number of ketones is 1. The Morgan fingerprint density at radius 2 is 1.31 bits per heavy atom. The van der Waals surface area contributed by atoms with Crippen molar-refractivity contribution in [3.63, 3.8) is 0 Å². The van der Waals surface area contributed by atoms with E-state index in [1.165, 1.54) is 25.7 Å². The largest absolute Gasteiger partial charge is 0.345 e. The molecule has 0 fully saturated rings. The van der Waals surface area contributed by atoms with E-state index >= 15 is 0 Å². The van der Waals surface area contributed by atoms with Crippen molar-refractivity contribution in [2.75, 3.05) is 13.2 Å². The molecule has 154 valence electrons. The van der Waals surface area contributed by atoms with E-state index in [1.807, 2.05) is 6.08 Å². The van der Waals surface area contributed by atoms with Crippen molar-refractivity contribution in [3.8, 4) is 0 Å². The molecule has 2 atom stereocenters. The Morgan fingerprint density at radius 3 is 1.65 bits per heavy atom. The highest BCUT2D eigenvalue weighted by Gasteiger charge is 2.21. The molecular formula is C23H44O3. The monoisotopic (exact) mass is 368 g/mol. The molecule has 3 nitrogen and oxygen atoms in total. The molecule has 26 heavy (non-hydrogen) atoms. The van der Waals surface area contributed by atoms with Gasteiger partial charge < -0.3 is 9.47 Å². The van der Waals surface area contributed by atoms with E-state index in [4.69, 9.17) is 9.47 Å². The fourth-order valence-electron chi connectivity index (χ4n) is 2.82. The zero-order valence-electron chi connectivity index (χ0n) is 18.3. The molecule has 0 radical (unpaired) electrons. The average molecular weight is 369 g/mol. The summed E-state index contributed by atoms with van der Waals surface area (Å²) in [6.45, 7) is 14.1. The van der Waals surface area contributed by atoms with Crippen molar-refractivity contribution in [1.82, 2.24) is 0 Å². The van der Waals surface area contributed by atoms with Crippen LogP contribution in [-0.4, -0.2) is 25.3 Å². The number of ether oxygens (including phenoxy) is 2. The number of carbonyl (C=O) groups excluding carboxylic acids is 1. The highest BCUT2D eigenvalue weighted by atomic mass is 16.7. The first-order valence-corrected chi connectivity index (χ1v) is 10.9. The van der Waals surface area contributed by atoms with Crippen LogP contribution in [0.25, 0.3) is 0 Å². The van der Waals surface area contributed by atoms with Crippen molar-refractivity contribution in [3.05, 3.63) is 12.2 Å². The van der Waals surface area contributed by atoms with Gasteiger partial charge in [-0.25, -0.2) is 0 Å². The molecule has 0 aliphatic rings. The zero-order chi connectivity index (χ0) is 19.8. The fraction of sp³-hybridized carbons (Fsp3) is 0.870. The van der Waals surface area contributed by atoms with Crippen LogP contribution in [0, 0.1) is 17.8 Å². The summed E-state index contributed by atoms with van der Waals surface area (Å²) < 4.78 is 11.9. The molecule has 0 saturated carbocycles. The minimum atomic E-state index is -0.753. The van der Waals surface area contributed by atoms with Gasteiger partial charge >= 0.3 is 0 Å². The Morgan fingerprint density at radius 1 is 0.846 bits per heavy atom. The number of hydrogen-bond donors (Lipinski definition) is 0. The summed E-state index contributed by atoms with van der Waals surface area (Å²) >= 11 is 0. The van der Waals surface area contributed by atoms with E-state index in [1.54, 1.807) is 6.08 Å². The van der Waals surface area contributed by atoms with Gasteiger partial charge in [-0.1, -0.05) is 86.1 Å². The van der Waals surface area contributed by atoms with E-state index in [0.29, 0.717) is 31.0 Å². The Hall–Kier alpha value is -0.670. The number of unbranched alkanes of at least 4 members (excludes halogenated alkanes) is 2. The van der Waals surface area contributed by atoms with Crippen LogP contribution in [0.2, 0.25) is 0 Å². The lowest BCUT2D eigenvalue weighted by atomic mass is 10.0. The molecule has 0 unspecified atom stereocenters. The van der Waals surface area contributed by atoms with Crippen LogP contribution >= 0.6 is 0 Å². The molecule has 0 aromatic rings. The van der Waals surface area contributed by atoms with Crippen molar-refractivity contribution < 1.29 is 14.3 Å². The molecule has 0 bridgehead atoms. The number of rotatable bonds is 17. The highest BCUT2D eigenvalue weighted by molar-refractivity contribution is 5.92. The third-order valence-electron chi connectivity index (χ3n) is 4.93. The first-order valence-electron chi connectivity index (χ1n) is 10.9. The van der Waals surface area contributed by atoms with E-state index < -0.39 is 6.29 Å². The first kappa shape index (κ1) is 25.3. The van der Waals surface area contributed by atoms with Gasteiger partial charge in [-0.05, 0) is 36.7 Å². The lowest BCUT2D eigenvalue weighted by Gasteiger charge is -2.23. The van der Waals surface area contributed by atoms with Gasteiger partial charge in [0, 0.05) is 0 Å². The topological polar surface area (TPSA) is 35.5 Å². The predicted molar refractivity (Wildman–Crippen MR) is 111 cm³/mol. The van der Waals surface area contributed by atoms with Gasteiger partial charge in [-0.2, -0.15) is 0 Å². The summed E-state index contributed by atoms with van der Waals surface area (Å²) in [6.07, 6.45) is 12.1. The van der Waals surface area contributed by atoms with Gasteiger partial charge in [0.2, 0.25) is 12.1 Å². The Kier molecular flexibility index (Phi) is 16.1. The summed E-state index contributed by atoms with van der Waals surface area (Å²) in [7, 11) is 0. The lowest BCUT2D eigenvalue weighted by molar-refractivity contribution is -0.173. The summed E-state index contributed by atoms with van der Waals surface area (Å²) in [5, 5.41) is 0. The molecule has 0 aromatic carbocycles. The molecule has 0 aliphatic heterocycles. The Labute approximate surface area is 162 Å². The van der Waals surface area contributed by atoms with Crippen LogP contribution < -0.4 is 0 Å². The fourth-order valence-corrected chi connectivity index (χ4v) is 2.82. The predicted octanol–water partition coefficient (Wildman–Crippen LogP) is 6.56. The second-order valence-corrected chi connectivity index (χ2v) is 7.84. The van der Waals surface area contributed by atoms with E-state index in [0.717, 1.165) is 25.7 Å². The van der Waals surface area contributed by atoms with Gasteiger partial charge in [0.25, 0.3) is 0 Å². The number of hydrogen-bond acceptors (Lipinski definition) is 3. The molecule has 0 saturated heterocycles. The second-order valence-electron chi connectivity index (χ2n) is 7.84. The summed E-state index contributed by atoms with van der Waals surface area (Å²) in [4.78, 5) is 12.5. The van der Waals surface area contributed by atoms with Crippen molar-refractivity contribution >= 4 is 5.78 Å². The third-order valence-corrected chi connectivity index (χ3v) is 4.93. The van der Waals surface area contributed by atoms with Gasteiger partial charge in [0.1, 0.15) is 0 Å². The summed E-state index contributed by atoms with van der Waals surface area (Å²) in [5.74, 6) is 1.30. The van der Waals surface area contributed by atoms with Crippen LogP contribution in [-0.2, 0) is 14.3 Å². The number of allylic oxidation sites excluding steroid dienone is 1. The van der Waals surface area contributed by atoms with Crippen molar-refractivity contribution in [1.29, 1.82) is 0 Å². The van der Waals surface area contributed by atoms with Crippen LogP contribution in [0.4, 0.5) is 0 Å². The maximum Gasteiger partial charge on any atom is 0.221 e. The Balaban J connectivity index is 4.74. The minimum absolute atomic E-state index is 0.0608. The lowest BCUT2D eigenvalue weighted by Crippen LogP contribution is -2.30. The van der Waals surface area contributed by atoms with Crippen LogP contribution in [0.5, 0.6) is 0 Å². The molecule has 0 N–H and O–H groups in total. The standard InChI is InChI=1S/C23H44O3/c1-7-11-13-20(9-3)17-25-23(22(24)16-15-19(5)6)26-18-21(10-4)14-12-8-2/h15-16,19-21,23H,7-14,17-18H2,1-6H3/b16-15+/t20-,21-/m0/s1. The molecule has 0 spiro atoms.